The van der Waals surface area contributed by atoms with Crippen molar-refractivity contribution in [2.24, 2.45) is 0 Å². The maximum Gasteiger partial charge on any atom is 0.164 e. The molecule has 0 bridgehead atoms. The summed E-state index contributed by atoms with van der Waals surface area (Å²) in [7, 11) is 0. The van der Waals surface area contributed by atoms with E-state index in [2.05, 4.69) is 16.4 Å². The lowest BCUT2D eigenvalue weighted by Crippen LogP contribution is -2.34. The monoisotopic (exact) mass is 364 g/mol. The Hall–Kier alpha value is -2.92. The molecule has 1 aliphatic heterocycles. The van der Waals surface area contributed by atoms with Crippen molar-refractivity contribution < 1.29 is 14.2 Å². The van der Waals surface area contributed by atoms with Crippen LogP contribution in [-0.4, -0.2) is 22.7 Å². The number of hydrogen-bond acceptors (Lipinski definition) is 4. The van der Waals surface area contributed by atoms with E-state index in [-0.39, 0.29) is 17.7 Å². The molecule has 0 saturated heterocycles. The molecule has 5 heteroatoms. The van der Waals surface area contributed by atoms with E-state index < -0.39 is 0 Å². The Balaban J connectivity index is 1.35. The lowest BCUT2D eigenvalue weighted by atomic mass is 10.0. The fourth-order valence-corrected chi connectivity index (χ4v) is 3.35. The molecular formula is C22H21FN2O2. The molecule has 0 aliphatic carbocycles. The van der Waals surface area contributed by atoms with Crippen LogP contribution in [-0.2, 0) is 13.0 Å². The Morgan fingerprint density at radius 1 is 1.11 bits per heavy atom. The van der Waals surface area contributed by atoms with Crippen LogP contribution in [0.4, 0.5) is 4.39 Å². The maximum absolute atomic E-state index is 13.1. The molecule has 1 aromatic heterocycles. The number of halogens is 1. The first-order valence-electron chi connectivity index (χ1n) is 9.07. The number of phenolic OH excluding ortho intramolecular Hbond substituents is 1. The molecule has 3 aromatic rings. The largest absolute Gasteiger partial charge is 0.504 e. The van der Waals surface area contributed by atoms with E-state index in [1.54, 1.807) is 24.4 Å². The van der Waals surface area contributed by atoms with Crippen molar-refractivity contribution in [1.82, 2.24) is 10.3 Å². The molecule has 0 amide bonds. The van der Waals surface area contributed by atoms with Crippen LogP contribution in [0.1, 0.15) is 17.5 Å². The van der Waals surface area contributed by atoms with Gasteiger partial charge in [-0.05, 0) is 53.8 Å². The van der Waals surface area contributed by atoms with Crippen molar-refractivity contribution in [2.75, 3.05) is 6.54 Å². The average molecular weight is 364 g/mol. The first kappa shape index (κ1) is 17.5. The highest BCUT2D eigenvalue weighted by Crippen LogP contribution is 2.35. The number of rotatable bonds is 5. The van der Waals surface area contributed by atoms with E-state index in [1.165, 1.54) is 12.1 Å². The van der Waals surface area contributed by atoms with Gasteiger partial charge in [-0.15, -0.1) is 0 Å². The molecule has 4 nitrogen and oxygen atoms in total. The molecule has 0 saturated carbocycles. The summed E-state index contributed by atoms with van der Waals surface area (Å²) in [6, 6.07) is 14.0. The molecule has 0 fully saturated rings. The van der Waals surface area contributed by atoms with E-state index in [4.69, 9.17) is 4.74 Å². The topological polar surface area (TPSA) is 54.4 Å². The minimum Gasteiger partial charge on any atom is -0.504 e. The van der Waals surface area contributed by atoms with Crippen molar-refractivity contribution in [3.63, 3.8) is 0 Å². The van der Waals surface area contributed by atoms with Gasteiger partial charge in [-0.3, -0.25) is 4.98 Å². The second kappa shape index (κ2) is 7.76. The summed E-state index contributed by atoms with van der Waals surface area (Å²) in [4.78, 5) is 4.29. The fourth-order valence-electron chi connectivity index (χ4n) is 3.35. The molecule has 0 spiro atoms. The highest BCUT2D eigenvalue weighted by atomic mass is 19.1. The number of hydrogen-bond donors (Lipinski definition) is 2. The predicted octanol–water partition coefficient (Wildman–Crippen LogP) is 4.08. The summed E-state index contributed by atoms with van der Waals surface area (Å²) < 4.78 is 19.0. The van der Waals surface area contributed by atoms with Gasteiger partial charge in [-0.1, -0.05) is 24.3 Å². The van der Waals surface area contributed by atoms with Gasteiger partial charge in [0.15, 0.2) is 11.5 Å². The van der Waals surface area contributed by atoms with Crippen molar-refractivity contribution in [3.8, 4) is 22.6 Å². The van der Waals surface area contributed by atoms with Crippen LogP contribution in [0.15, 0.2) is 60.9 Å². The van der Waals surface area contributed by atoms with Gasteiger partial charge in [0.25, 0.3) is 0 Å². The van der Waals surface area contributed by atoms with E-state index in [1.807, 2.05) is 18.3 Å². The van der Waals surface area contributed by atoms with Gasteiger partial charge in [-0.25, -0.2) is 4.39 Å². The van der Waals surface area contributed by atoms with Crippen molar-refractivity contribution in [1.29, 1.82) is 0 Å². The smallest absolute Gasteiger partial charge is 0.164 e. The van der Waals surface area contributed by atoms with E-state index >= 15 is 0 Å². The number of nitrogens with zero attached hydrogens (tertiary/aromatic N) is 1. The van der Waals surface area contributed by atoms with Crippen molar-refractivity contribution in [2.45, 2.75) is 25.5 Å². The zero-order chi connectivity index (χ0) is 18.6. The Labute approximate surface area is 157 Å². The molecule has 2 N–H and O–H groups in total. The third kappa shape index (κ3) is 4.09. The fraction of sp³-hybridized carbons (Fsp3) is 0.227. The predicted molar refractivity (Wildman–Crippen MR) is 102 cm³/mol. The normalized spacial score (nSPS) is 15.8. The molecule has 2 heterocycles. The van der Waals surface area contributed by atoms with E-state index in [0.29, 0.717) is 18.8 Å². The van der Waals surface area contributed by atoms with Crippen LogP contribution in [0.3, 0.4) is 0 Å². The Morgan fingerprint density at radius 3 is 2.81 bits per heavy atom. The zero-order valence-corrected chi connectivity index (χ0v) is 14.9. The lowest BCUT2D eigenvalue weighted by Gasteiger charge is -2.26. The van der Waals surface area contributed by atoms with Crippen LogP contribution >= 0.6 is 0 Å². The molecule has 1 atom stereocenters. The van der Waals surface area contributed by atoms with Gasteiger partial charge >= 0.3 is 0 Å². The molecule has 138 valence electrons. The summed E-state index contributed by atoms with van der Waals surface area (Å²) in [6.07, 6.45) is 5.44. The van der Waals surface area contributed by atoms with E-state index in [9.17, 15) is 9.50 Å². The van der Waals surface area contributed by atoms with Gasteiger partial charge in [0.1, 0.15) is 11.9 Å². The maximum atomic E-state index is 13.1. The average Bonchev–Trinajstić information content (AvgIpc) is 2.69. The van der Waals surface area contributed by atoms with Crippen LogP contribution < -0.4 is 10.1 Å². The number of para-hydroxylation sites is 1. The number of aromatic nitrogens is 1. The Kier molecular flexibility index (Phi) is 5.03. The van der Waals surface area contributed by atoms with Crippen molar-refractivity contribution in [3.05, 3.63) is 77.9 Å². The number of benzene rings is 2. The van der Waals surface area contributed by atoms with Gasteiger partial charge in [0.2, 0.25) is 0 Å². The minimum absolute atomic E-state index is 0.0269. The molecular weight excluding hydrogens is 343 g/mol. The zero-order valence-electron chi connectivity index (χ0n) is 14.9. The summed E-state index contributed by atoms with van der Waals surface area (Å²) in [5.74, 6) is 0.563. The number of fused-ring (bicyclic) bond motifs is 1. The summed E-state index contributed by atoms with van der Waals surface area (Å²) in [5.41, 5.74) is 4.01. The second-order valence-corrected chi connectivity index (χ2v) is 6.76. The molecule has 27 heavy (non-hydrogen) atoms. The highest BCUT2D eigenvalue weighted by molar-refractivity contribution is 5.62. The summed E-state index contributed by atoms with van der Waals surface area (Å²) in [6.45, 7) is 1.35. The summed E-state index contributed by atoms with van der Waals surface area (Å²) in [5, 5.41) is 13.4. The molecule has 1 unspecified atom stereocenters. The van der Waals surface area contributed by atoms with E-state index in [0.717, 1.165) is 35.1 Å². The SMILES string of the molecule is Oc1cccc2c1OC(CNCc1cncc(-c3ccc(F)cc3)c1)CC2. The number of pyridine rings is 1. The number of ether oxygens (including phenoxy) is 1. The summed E-state index contributed by atoms with van der Waals surface area (Å²) >= 11 is 0. The van der Waals surface area contributed by atoms with Crippen molar-refractivity contribution >= 4 is 0 Å². The first-order chi connectivity index (χ1) is 13.2. The molecule has 2 aromatic carbocycles. The molecule has 4 rings (SSSR count). The third-order valence-electron chi connectivity index (χ3n) is 4.77. The Morgan fingerprint density at radius 2 is 1.96 bits per heavy atom. The number of aryl methyl sites for hydroxylation is 1. The van der Waals surface area contributed by atoms with Gasteiger partial charge < -0.3 is 15.2 Å². The first-order valence-corrected chi connectivity index (χ1v) is 9.07. The second-order valence-electron chi connectivity index (χ2n) is 6.76. The van der Waals surface area contributed by atoms with Crippen LogP contribution in [0.25, 0.3) is 11.1 Å². The molecule has 0 radical (unpaired) electrons. The number of nitrogens with one attached hydrogen (secondary N) is 1. The highest BCUT2D eigenvalue weighted by Gasteiger charge is 2.21. The molecule has 1 aliphatic rings. The quantitative estimate of drug-likeness (QED) is 0.716. The standard InChI is InChI=1S/C22H21FN2O2/c23-19-7-4-16(5-8-19)18-10-15(11-24-13-18)12-25-14-20-9-6-17-2-1-3-21(26)22(17)27-20/h1-5,7-8,10-11,13,20,25-26H,6,9,12,14H2. The lowest BCUT2D eigenvalue weighted by molar-refractivity contribution is 0.163. The number of phenols is 1. The van der Waals surface area contributed by atoms with Crippen LogP contribution in [0.2, 0.25) is 0 Å². The number of aromatic hydroxyl groups is 1. The van der Waals surface area contributed by atoms with Crippen LogP contribution in [0, 0.1) is 5.82 Å². The van der Waals surface area contributed by atoms with Gasteiger partial charge in [0, 0.05) is 31.0 Å². The minimum atomic E-state index is -0.246. The van der Waals surface area contributed by atoms with Crippen LogP contribution in [0.5, 0.6) is 11.5 Å². The van der Waals surface area contributed by atoms with Gasteiger partial charge in [-0.2, -0.15) is 0 Å². The Bertz CT molecular complexity index is 928. The third-order valence-corrected chi connectivity index (χ3v) is 4.77. The van der Waals surface area contributed by atoms with Gasteiger partial charge in [0.05, 0.1) is 0 Å².